The lowest BCUT2D eigenvalue weighted by atomic mass is 10.2. The number of ether oxygens (including phenoxy) is 2. The van der Waals surface area contributed by atoms with Gasteiger partial charge < -0.3 is 9.47 Å². The van der Waals surface area contributed by atoms with Crippen molar-refractivity contribution in [2.45, 2.75) is 26.9 Å². The second-order valence-corrected chi connectivity index (χ2v) is 3.05. The lowest BCUT2D eigenvalue weighted by molar-refractivity contribution is 0.0897. The highest BCUT2D eigenvalue weighted by molar-refractivity contribution is 4.95. The Morgan fingerprint density at radius 2 is 1.58 bits per heavy atom. The van der Waals surface area contributed by atoms with E-state index >= 15 is 0 Å². The highest BCUT2D eigenvalue weighted by Gasteiger charge is 2.10. The van der Waals surface area contributed by atoms with Gasteiger partial charge in [0.15, 0.2) is 6.10 Å². The van der Waals surface area contributed by atoms with Crippen LogP contribution in [0.4, 0.5) is 0 Å². The van der Waals surface area contributed by atoms with Crippen LogP contribution >= 0.6 is 0 Å². The van der Waals surface area contributed by atoms with Crippen LogP contribution in [-0.2, 0) is 9.47 Å². The third-order valence-electron chi connectivity index (χ3n) is 1.69. The SMILES string of the molecule is C=C(OC(C)C(=C)OC)C(C)C. The number of rotatable bonds is 5. The first-order chi connectivity index (χ1) is 5.49. The average Bonchev–Trinajstić information content (AvgIpc) is 2.02. The van der Waals surface area contributed by atoms with E-state index in [0.29, 0.717) is 11.7 Å². The maximum absolute atomic E-state index is 5.45. The summed E-state index contributed by atoms with van der Waals surface area (Å²) >= 11 is 0. The van der Waals surface area contributed by atoms with E-state index in [1.165, 1.54) is 0 Å². The quantitative estimate of drug-likeness (QED) is 0.591. The monoisotopic (exact) mass is 170 g/mol. The van der Waals surface area contributed by atoms with Gasteiger partial charge in [0.2, 0.25) is 0 Å². The van der Waals surface area contributed by atoms with E-state index in [4.69, 9.17) is 9.47 Å². The summed E-state index contributed by atoms with van der Waals surface area (Å²) in [7, 11) is 1.58. The van der Waals surface area contributed by atoms with E-state index in [1.807, 2.05) is 20.8 Å². The van der Waals surface area contributed by atoms with Gasteiger partial charge in [-0.15, -0.1) is 0 Å². The predicted octanol–water partition coefficient (Wildman–Crippen LogP) is 2.72. The summed E-state index contributed by atoms with van der Waals surface area (Å²) in [5, 5.41) is 0. The first-order valence-corrected chi connectivity index (χ1v) is 4.07. The zero-order chi connectivity index (χ0) is 9.72. The summed E-state index contributed by atoms with van der Waals surface area (Å²) in [6, 6.07) is 0. The van der Waals surface area contributed by atoms with Crippen molar-refractivity contribution in [3.05, 3.63) is 24.7 Å². The van der Waals surface area contributed by atoms with Crippen LogP contribution in [0.2, 0.25) is 0 Å². The van der Waals surface area contributed by atoms with Crippen LogP contribution in [0.3, 0.4) is 0 Å². The Hall–Kier alpha value is -0.920. The van der Waals surface area contributed by atoms with Gasteiger partial charge in [-0.05, 0) is 6.92 Å². The van der Waals surface area contributed by atoms with E-state index in [9.17, 15) is 0 Å². The molecule has 12 heavy (non-hydrogen) atoms. The van der Waals surface area contributed by atoms with Gasteiger partial charge in [0.1, 0.15) is 5.76 Å². The molecule has 0 fully saturated rings. The molecular weight excluding hydrogens is 152 g/mol. The van der Waals surface area contributed by atoms with Crippen LogP contribution in [0.25, 0.3) is 0 Å². The minimum Gasteiger partial charge on any atom is -0.498 e. The van der Waals surface area contributed by atoms with E-state index in [0.717, 1.165) is 5.76 Å². The van der Waals surface area contributed by atoms with Crippen molar-refractivity contribution < 1.29 is 9.47 Å². The van der Waals surface area contributed by atoms with Crippen molar-refractivity contribution in [2.75, 3.05) is 7.11 Å². The maximum Gasteiger partial charge on any atom is 0.151 e. The molecule has 0 heterocycles. The minimum atomic E-state index is -0.120. The first-order valence-electron chi connectivity index (χ1n) is 4.07. The standard InChI is InChI=1S/C10H18O2/c1-7(2)8(3)12-10(5)9(4)11-6/h7,10H,3-4H2,1-2,5-6H3. The Kier molecular flexibility index (Phi) is 4.49. The Labute approximate surface area is 74.9 Å². The molecular formula is C10H18O2. The summed E-state index contributed by atoms with van der Waals surface area (Å²) in [6.07, 6.45) is -0.120. The Bertz CT molecular complexity index is 171. The van der Waals surface area contributed by atoms with E-state index < -0.39 is 0 Å². The van der Waals surface area contributed by atoms with Crippen LogP contribution < -0.4 is 0 Å². The van der Waals surface area contributed by atoms with Gasteiger partial charge in [-0.3, -0.25) is 0 Å². The Morgan fingerprint density at radius 3 is 1.92 bits per heavy atom. The largest absolute Gasteiger partial charge is 0.498 e. The van der Waals surface area contributed by atoms with Crippen molar-refractivity contribution >= 4 is 0 Å². The second kappa shape index (κ2) is 4.86. The molecule has 0 aromatic heterocycles. The number of methoxy groups -OCH3 is 1. The van der Waals surface area contributed by atoms with Crippen LogP contribution in [0.15, 0.2) is 24.7 Å². The minimum absolute atomic E-state index is 0.120. The topological polar surface area (TPSA) is 18.5 Å². The molecule has 0 rings (SSSR count). The molecule has 0 aliphatic heterocycles. The van der Waals surface area contributed by atoms with Gasteiger partial charge in [-0.25, -0.2) is 0 Å². The summed E-state index contributed by atoms with van der Waals surface area (Å²) in [4.78, 5) is 0. The van der Waals surface area contributed by atoms with Gasteiger partial charge in [0, 0.05) is 5.92 Å². The molecule has 0 amide bonds. The molecule has 0 aromatic carbocycles. The molecule has 1 unspecified atom stereocenters. The third kappa shape index (κ3) is 3.46. The Morgan fingerprint density at radius 1 is 1.08 bits per heavy atom. The molecule has 0 bridgehead atoms. The van der Waals surface area contributed by atoms with E-state index in [2.05, 4.69) is 13.2 Å². The van der Waals surface area contributed by atoms with Crippen molar-refractivity contribution in [3.8, 4) is 0 Å². The van der Waals surface area contributed by atoms with Gasteiger partial charge in [0.05, 0.1) is 12.9 Å². The molecule has 0 aromatic rings. The number of allylic oxidation sites excluding steroid dienone is 1. The molecule has 1 atom stereocenters. The molecule has 0 N–H and O–H groups in total. The summed E-state index contributed by atoms with van der Waals surface area (Å²) in [6.45, 7) is 13.4. The van der Waals surface area contributed by atoms with Gasteiger partial charge in [-0.1, -0.05) is 27.0 Å². The highest BCUT2D eigenvalue weighted by atomic mass is 16.5. The fraction of sp³-hybridized carbons (Fsp3) is 0.600. The molecule has 0 aliphatic rings. The molecule has 0 spiro atoms. The molecule has 0 saturated heterocycles. The van der Waals surface area contributed by atoms with Crippen LogP contribution in [0, 0.1) is 5.92 Å². The van der Waals surface area contributed by atoms with Gasteiger partial charge in [0.25, 0.3) is 0 Å². The number of hydrogen-bond acceptors (Lipinski definition) is 2. The van der Waals surface area contributed by atoms with Crippen LogP contribution in [0.1, 0.15) is 20.8 Å². The molecule has 70 valence electrons. The lowest BCUT2D eigenvalue weighted by Crippen LogP contribution is -2.13. The van der Waals surface area contributed by atoms with Crippen LogP contribution in [-0.4, -0.2) is 13.2 Å². The summed E-state index contributed by atoms with van der Waals surface area (Å²) in [5.41, 5.74) is 0. The molecule has 0 saturated carbocycles. The van der Waals surface area contributed by atoms with E-state index in [1.54, 1.807) is 7.11 Å². The summed E-state index contributed by atoms with van der Waals surface area (Å²) < 4.78 is 10.4. The molecule has 0 aliphatic carbocycles. The van der Waals surface area contributed by atoms with Crippen molar-refractivity contribution in [2.24, 2.45) is 5.92 Å². The van der Waals surface area contributed by atoms with Crippen molar-refractivity contribution in [1.29, 1.82) is 0 Å². The molecule has 2 nitrogen and oxygen atoms in total. The van der Waals surface area contributed by atoms with Crippen molar-refractivity contribution in [1.82, 2.24) is 0 Å². The van der Waals surface area contributed by atoms with Gasteiger partial charge in [-0.2, -0.15) is 0 Å². The maximum atomic E-state index is 5.45. The number of hydrogen-bond donors (Lipinski definition) is 0. The lowest BCUT2D eigenvalue weighted by Gasteiger charge is -2.19. The summed E-state index contributed by atoms with van der Waals surface area (Å²) in [5.74, 6) is 1.72. The highest BCUT2D eigenvalue weighted by Crippen LogP contribution is 2.14. The predicted molar refractivity (Wildman–Crippen MR) is 50.7 cm³/mol. The van der Waals surface area contributed by atoms with Gasteiger partial charge >= 0.3 is 0 Å². The average molecular weight is 170 g/mol. The van der Waals surface area contributed by atoms with Crippen LogP contribution in [0.5, 0.6) is 0 Å². The Balaban J connectivity index is 3.92. The zero-order valence-corrected chi connectivity index (χ0v) is 8.39. The molecule has 0 radical (unpaired) electrons. The fourth-order valence-corrected chi connectivity index (χ4v) is 0.595. The van der Waals surface area contributed by atoms with Crippen molar-refractivity contribution in [3.63, 3.8) is 0 Å². The smallest absolute Gasteiger partial charge is 0.151 e. The fourth-order valence-electron chi connectivity index (χ4n) is 0.595. The first kappa shape index (κ1) is 11.1. The molecule has 2 heteroatoms. The zero-order valence-electron chi connectivity index (χ0n) is 8.39. The third-order valence-corrected chi connectivity index (χ3v) is 1.69. The van der Waals surface area contributed by atoms with E-state index in [-0.39, 0.29) is 6.10 Å². The normalized spacial score (nSPS) is 12.4. The second-order valence-electron chi connectivity index (χ2n) is 3.05.